The summed E-state index contributed by atoms with van der Waals surface area (Å²) in [5, 5.41) is 5.67. The summed E-state index contributed by atoms with van der Waals surface area (Å²) in [5.74, 6) is 0. The Balaban J connectivity index is 1.79. The SMILES string of the molecule is CS(=O)(=O)Nc1cccc(NC2CCCc3sccc32)c1. The first-order chi connectivity index (χ1) is 10.0. The standard InChI is InChI=1S/C15H18N2O2S2/c1-21(18,19)17-12-5-2-4-11(10-12)16-14-6-3-7-15-13(14)8-9-20-15/h2,4-5,8-10,14,16-17H,3,6-7H2,1H3. The van der Waals surface area contributed by atoms with Gasteiger partial charge in [-0.25, -0.2) is 8.42 Å². The van der Waals surface area contributed by atoms with Gasteiger partial charge >= 0.3 is 0 Å². The molecule has 1 aromatic heterocycles. The number of thiophene rings is 1. The Hall–Kier alpha value is -1.53. The van der Waals surface area contributed by atoms with E-state index in [1.165, 1.54) is 23.3 Å². The summed E-state index contributed by atoms with van der Waals surface area (Å²) in [6.45, 7) is 0. The average molecular weight is 322 g/mol. The van der Waals surface area contributed by atoms with E-state index in [-0.39, 0.29) is 0 Å². The molecule has 0 aliphatic heterocycles. The Morgan fingerprint density at radius 1 is 1.24 bits per heavy atom. The number of nitrogens with one attached hydrogen (secondary N) is 2. The van der Waals surface area contributed by atoms with Crippen LogP contribution in [0.2, 0.25) is 0 Å². The Morgan fingerprint density at radius 3 is 2.86 bits per heavy atom. The number of rotatable bonds is 4. The van der Waals surface area contributed by atoms with Crippen molar-refractivity contribution in [3.8, 4) is 0 Å². The third-order valence-electron chi connectivity index (χ3n) is 3.56. The lowest BCUT2D eigenvalue weighted by Crippen LogP contribution is -2.16. The summed E-state index contributed by atoms with van der Waals surface area (Å²) in [5.41, 5.74) is 2.91. The topological polar surface area (TPSA) is 58.2 Å². The smallest absolute Gasteiger partial charge is 0.229 e. The lowest BCUT2D eigenvalue weighted by Gasteiger charge is -2.25. The predicted octanol–water partition coefficient (Wildman–Crippen LogP) is 3.61. The Labute approximate surface area is 129 Å². The van der Waals surface area contributed by atoms with Crippen LogP contribution < -0.4 is 10.0 Å². The predicted molar refractivity (Wildman–Crippen MR) is 88.5 cm³/mol. The van der Waals surface area contributed by atoms with Crippen LogP contribution in [0.25, 0.3) is 0 Å². The third-order valence-corrected chi connectivity index (χ3v) is 5.16. The van der Waals surface area contributed by atoms with Crippen molar-refractivity contribution in [2.24, 2.45) is 0 Å². The van der Waals surface area contributed by atoms with E-state index >= 15 is 0 Å². The highest BCUT2D eigenvalue weighted by molar-refractivity contribution is 7.92. The molecular formula is C15H18N2O2S2. The summed E-state index contributed by atoms with van der Waals surface area (Å²) in [7, 11) is -3.24. The van der Waals surface area contributed by atoms with Gasteiger partial charge in [0.1, 0.15) is 0 Å². The van der Waals surface area contributed by atoms with Crippen LogP contribution in [0.4, 0.5) is 11.4 Å². The number of aryl methyl sites for hydroxylation is 1. The van der Waals surface area contributed by atoms with Gasteiger partial charge in [0.05, 0.1) is 18.0 Å². The lowest BCUT2D eigenvalue weighted by atomic mass is 9.94. The quantitative estimate of drug-likeness (QED) is 0.904. The minimum absolute atomic E-state index is 0.313. The van der Waals surface area contributed by atoms with Gasteiger partial charge in [-0.15, -0.1) is 11.3 Å². The molecule has 0 bridgehead atoms. The van der Waals surface area contributed by atoms with Gasteiger partial charge in [-0.1, -0.05) is 6.07 Å². The van der Waals surface area contributed by atoms with Gasteiger partial charge in [0, 0.05) is 10.6 Å². The molecule has 1 aromatic carbocycles. The van der Waals surface area contributed by atoms with Crippen LogP contribution in [0.15, 0.2) is 35.7 Å². The molecule has 1 atom stereocenters. The monoisotopic (exact) mass is 322 g/mol. The largest absolute Gasteiger partial charge is 0.378 e. The van der Waals surface area contributed by atoms with E-state index in [9.17, 15) is 8.42 Å². The van der Waals surface area contributed by atoms with Crippen LogP contribution >= 0.6 is 11.3 Å². The highest BCUT2D eigenvalue weighted by Crippen LogP contribution is 2.35. The second-order valence-corrected chi connectivity index (χ2v) is 8.09. The minimum Gasteiger partial charge on any atom is -0.378 e. The van der Waals surface area contributed by atoms with Gasteiger partial charge in [0.2, 0.25) is 10.0 Å². The molecule has 21 heavy (non-hydrogen) atoms. The Morgan fingerprint density at radius 2 is 2.05 bits per heavy atom. The van der Waals surface area contributed by atoms with E-state index in [1.54, 1.807) is 6.07 Å². The van der Waals surface area contributed by atoms with Crippen molar-refractivity contribution in [3.05, 3.63) is 46.2 Å². The van der Waals surface area contributed by atoms with Crippen molar-refractivity contribution < 1.29 is 8.42 Å². The van der Waals surface area contributed by atoms with Gasteiger partial charge in [-0.3, -0.25) is 4.72 Å². The van der Waals surface area contributed by atoms with Crippen LogP contribution in [0.5, 0.6) is 0 Å². The van der Waals surface area contributed by atoms with E-state index < -0.39 is 10.0 Å². The van der Waals surface area contributed by atoms with Gasteiger partial charge in [0.25, 0.3) is 0 Å². The molecule has 2 aromatic rings. The maximum absolute atomic E-state index is 11.3. The molecule has 1 aliphatic carbocycles. The number of benzene rings is 1. The van der Waals surface area contributed by atoms with E-state index in [0.717, 1.165) is 18.4 Å². The normalized spacial score (nSPS) is 18.0. The van der Waals surface area contributed by atoms with Crippen molar-refractivity contribution in [3.63, 3.8) is 0 Å². The van der Waals surface area contributed by atoms with Crippen LogP contribution in [0, 0.1) is 0 Å². The molecule has 1 aliphatic rings. The first-order valence-corrected chi connectivity index (χ1v) is 9.69. The van der Waals surface area contributed by atoms with Crippen LogP contribution in [0.3, 0.4) is 0 Å². The summed E-state index contributed by atoms with van der Waals surface area (Å²) in [4.78, 5) is 1.46. The Bertz CT molecular complexity index is 738. The number of sulfonamides is 1. The van der Waals surface area contributed by atoms with Gasteiger partial charge < -0.3 is 5.32 Å². The van der Waals surface area contributed by atoms with Gasteiger partial charge in [-0.05, 0) is 54.5 Å². The first-order valence-electron chi connectivity index (χ1n) is 6.92. The maximum atomic E-state index is 11.3. The van der Waals surface area contributed by atoms with Crippen molar-refractivity contribution in [1.82, 2.24) is 0 Å². The van der Waals surface area contributed by atoms with E-state index in [4.69, 9.17) is 0 Å². The van der Waals surface area contributed by atoms with Crippen molar-refractivity contribution >= 4 is 32.7 Å². The molecule has 0 saturated heterocycles. The van der Waals surface area contributed by atoms with E-state index in [2.05, 4.69) is 21.5 Å². The molecule has 1 heterocycles. The lowest BCUT2D eigenvalue weighted by molar-refractivity contribution is 0.606. The zero-order valence-electron chi connectivity index (χ0n) is 11.8. The second kappa shape index (κ2) is 5.69. The summed E-state index contributed by atoms with van der Waals surface area (Å²) < 4.78 is 25.1. The number of hydrogen-bond acceptors (Lipinski definition) is 4. The first kappa shape index (κ1) is 14.4. The van der Waals surface area contributed by atoms with Crippen molar-refractivity contribution in [2.45, 2.75) is 25.3 Å². The maximum Gasteiger partial charge on any atom is 0.229 e. The molecule has 0 fully saturated rings. The fraction of sp³-hybridized carbons (Fsp3) is 0.333. The molecule has 0 saturated carbocycles. The highest BCUT2D eigenvalue weighted by Gasteiger charge is 2.20. The van der Waals surface area contributed by atoms with Crippen molar-refractivity contribution in [1.29, 1.82) is 0 Å². The minimum atomic E-state index is -3.24. The van der Waals surface area contributed by atoms with Crippen molar-refractivity contribution in [2.75, 3.05) is 16.3 Å². The molecule has 4 nitrogen and oxygen atoms in total. The molecule has 0 radical (unpaired) electrons. The molecule has 2 N–H and O–H groups in total. The summed E-state index contributed by atoms with van der Waals surface area (Å²) >= 11 is 1.82. The molecule has 3 rings (SSSR count). The van der Waals surface area contributed by atoms with Crippen LogP contribution in [-0.2, 0) is 16.4 Å². The third kappa shape index (κ3) is 3.57. The molecule has 0 amide bonds. The summed E-state index contributed by atoms with van der Waals surface area (Å²) in [6, 6.07) is 9.91. The fourth-order valence-electron chi connectivity index (χ4n) is 2.72. The molecular weight excluding hydrogens is 304 g/mol. The second-order valence-electron chi connectivity index (χ2n) is 5.34. The zero-order valence-corrected chi connectivity index (χ0v) is 13.4. The number of fused-ring (bicyclic) bond motifs is 1. The molecule has 1 unspecified atom stereocenters. The molecule has 0 spiro atoms. The van der Waals surface area contributed by atoms with Crippen LogP contribution in [0.1, 0.15) is 29.3 Å². The number of hydrogen-bond donors (Lipinski definition) is 2. The van der Waals surface area contributed by atoms with E-state index in [1.807, 2.05) is 29.5 Å². The summed E-state index contributed by atoms with van der Waals surface area (Å²) in [6.07, 6.45) is 4.62. The zero-order chi connectivity index (χ0) is 14.9. The highest BCUT2D eigenvalue weighted by atomic mass is 32.2. The molecule has 112 valence electrons. The fourth-order valence-corrected chi connectivity index (χ4v) is 4.27. The van der Waals surface area contributed by atoms with Gasteiger partial charge in [0.15, 0.2) is 0 Å². The van der Waals surface area contributed by atoms with E-state index in [0.29, 0.717) is 11.7 Å². The Kier molecular flexibility index (Phi) is 3.91. The molecule has 6 heteroatoms. The van der Waals surface area contributed by atoms with Crippen LogP contribution in [-0.4, -0.2) is 14.7 Å². The van der Waals surface area contributed by atoms with Gasteiger partial charge in [-0.2, -0.15) is 0 Å². The average Bonchev–Trinajstić information content (AvgIpc) is 2.86. The number of anilines is 2.